The number of amides is 1. The zero-order valence-electron chi connectivity index (χ0n) is 13.2. The predicted octanol–water partition coefficient (Wildman–Crippen LogP) is 1.84. The van der Waals surface area contributed by atoms with E-state index < -0.39 is 0 Å². The third-order valence-electron chi connectivity index (χ3n) is 4.26. The number of hydrogen-bond acceptors (Lipinski definition) is 5. The molecule has 0 unspecified atom stereocenters. The molecule has 0 aliphatic rings. The van der Waals surface area contributed by atoms with Gasteiger partial charge in [0.1, 0.15) is 6.33 Å². The molecule has 1 amide bonds. The number of aromatic nitrogens is 4. The zero-order valence-corrected chi connectivity index (χ0v) is 13.9. The maximum absolute atomic E-state index is 12.6. The van der Waals surface area contributed by atoms with Crippen LogP contribution in [0.4, 0.5) is 0 Å². The largest absolute Gasteiger partial charge is 0.396 e. The van der Waals surface area contributed by atoms with E-state index in [2.05, 4.69) is 20.8 Å². The summed E-state index contributed by atoms with van der Waals surface area (Å²) in [6.45, 7) is 4.40. The summed E-state index contributed by atoms with van der Waals surface area (Å²) in [5, 5.41) is 23.9. The molecule has 1 aromatic heterocycles. The lowest BCUT2D eigenvalue weighted by molar-refractivity contribution is 0.0851. The van der Waals surface area contributed by atoms with E-state index in [0.29, 0.717) is 22.8 Å². The molecule has 8 heteroatoms. The van der Waals surface area contributed by atoms with Crippen molar-refractivity contribution >= 4 is 17.5 Å². The lowest BCUT2D eigenvalue weighted by Crippen LogP contribution is -2.39. The van der Waals surface area contributed by atoms with Gasteiger partial charge in [-0.1, -0.05) is 25.4 Å². The van der Waals surface area contributed by atoms with Crippen molar-refractivity contribution in [2.24, 2.45) is 5.41 Å². The number of carbonyl (C=O) groups is 1. The second-order valence-corrected chi connectivity index (χ2v) is 5.90. The van der Waals surface area contributed by atoms with Crippen LogP contribution in [-0.4, -0.2) is 44.4 Å². The van der Waals surface area contributed by atoms with Gasteiger partial charge >= 0.3 is 0 Å². The number of halogens is 1. The van der Waals surface area contributed by atoms with Crippen LogP contribution in [0.5, 0.6) is 0 Å². The third-order valence-corrected chi connectivity index (χ3v) is 4.49. The van der Waals surface area contributed by atoms with E-state index in [1.165, 1.54) is 11.0 Å². The number of nitrogens with zero attached hydrogens (tertiary/aromatic N) is 4. The average molecular weight is 338 g/mol. The number of aliphatic hydroxyl groups excluding tert-OH is 1. The Labute approximate surface area is 139 Å². The fourth-order valence-corrected chi connectivity index (χ4v) is 2.48. The summed E-state index contributed by atoms with van der Waals surface area (Å²) in [5.74, 6) is -0.280. The van der Waals surface area contributed by atoms with Gasteiger partial charge in [0.25, 0.3) is 5.91 Å². The molecule has 0 fully saturated rings. The van der Waals surface area contributed by atoms with E-state index in [1.54, 1.807) is 18.2 Å². The Kier molecular flexibility index (Phi) is 5.68. The summed E-state index contributed by atoms with van der Waals surface area (Å²) in [7, 11) is 0. The lowest BCUT2D eigenvalue weighted by Gasteiger charge is -2.29. The topological polar surface area (TPSA) is 92.9 Å². The molecular formula is C15H20ClN5O2. The van der Waals surface area contributed by atoms with Gasteiger partial charge in [-0.15, -0.1) is 5.10 Å². The van der Waals surface area contributed by atoms with Gasteiger partial charge in [0.05, 0.1) is 17.9 Å². The Morgan fingerprint density at radius 2 is 2.13 bits per heavy atom. The maximum Gasteiger partial charge on any atom is 0.253 e. The second-order valence-electron chi connectivity index (χ2n) is 5.46. The molecule has 7 nitrogen and oxygen atoms in total. The minimum absolute atomic E-state index is 0.0235. The standard InChI is InChI=1S/C15H20ClN5O2/c1-3-15(4-2,9-22)8-17-14(23)12-7-11(16)5-6-13(12)21-10-18-19-20-21/h5-7,10,22H,3-4,8-9H2,1-2H3,(H,17,23). The SMILES string of the molecule is CCC(CC)(CO)CNC(=O)c1cc(Cl)ccc1-n1cnnn1. The van der Waals surface area contributed by atoms with Gasteiger partial charge in [0.2, 0.25) is 0 Å². The smallest absolute Gasteiger partial charge is 0.253 e. The summed E-state index contributed by atoms with van der Waals surface area (Å²) >= 11 is 6.01. The number of nitrogens with one attached hydrogen (secondary N) is 1. The highest BCUT2D eigenvalue weighted by molar-refractivity contribution is 6.31. The van der Waals surface area contributed by atoms with E-state index >= 15 is 0 Å². The normalized spacial score (nSPS) is 11.5. The molecule has 0 bridgehead atoms. The van der Waals surface area contributed by atoms with Crippen molar-refractivity contribution in [1.29, 1.82) is 0 Å². The number of aliphatic hydroxyl groups is 1. The van der Waals surface area contributed by atoms with Gasteiger partial charge in [-0.2, -0.15) is 4.68 Å². The van der Waals surface area contributed by atoms with Crippen LogP contribution in [0.25, 0.3) is 5.69 Å². The predicted molar refractivity (Wildman–Crippen MR) is 86.6 cm³/mol. The lowest BCUT2D eigenvalue weighted by atomic mass is 9.83. The maximum atomic E-state index is 12.6. The van der Waals surface area contributed by atoms with Crippen LogP contribution in [0.3, 0.4) is 0 Å². The third kappa shape index (κ3) is 3.86. The zero-order chi connectivity index (χ0) is 16.9. The van der Waals surface area contributed by atoms with Crippen LogP contribution in [0.2, 0.25) is 5.02 Å². The summed E-state index contributed by atoms with van der Waals surface area (Å²) in [6, 6.07) is 4.93. The average Bonchev–Trinajstić information content (AvgIpc) is 3.10. The van der Waals surface area contributed by atoms with Gasteiger partial charge in [-0.25, -0.2) is 0 Å². The van der Waals surface area contributed by atoms with Crippen LogP contribution >= 0.6 is 11.6 Å². The van der Waals surface area contributed by atoms with E-state index in [0.717, 1.165) is 12.8 Å². The van der Waals surface area contributed by atoms with Crippen LogP contribution in [0.1, 0.15) is 37.0 Å². The van der Waals surface area contributed by atoms with Crippen molar-refractivity contribution in [3.63, 3.8) is 0 Å². The monoisotopic (exact) mass is 337 g/mol. The molecule has 0 spiro atoms. The highest BCUT2D eigenvalue weighted by atomic mass is 35.5. The Bertz CT molecular complexity index is 648. The Morgan fingerprint density at radius 3 is 2.70 bits per heavy atom. The molecule has 2 N–H and O–H groups in total. The number of tetrazole rings is 1. The number of hydrogen-bond donors (Lipinski definition) is 2. The molecule has 2 rings (SSSR count). The molecule has 124 valence electrons. The Morgan fingerprint density at radius 1 is 1.39 bits per heavy atom. The van der Waals surface area contributed by atoms with E-state index in [4.69, 9.17) is 11.6 Å². The van der Waals surface area contributed by atoms with Gasteiger partial charge < -0.3 is 10.4 Å². The van der Waals surface area contributed by atoms with Gasteiger partial charge in [0, 0.05) is 17.0 Å². The summed E-state index contributed by atoms with van der Waals surface area (Å²) in [5.41, 5.74) is 0.603. The highest BCUT2D eigenvalue weighted by Gasteiger charge is 2.26. The van der Waals surface area contributed by atoms with Crippen molar-refractivity contribution in [3.05, 3.63) is 35.1 Å². The first-order valence-electron chi connectivity index (χ1n) is 7.47. The first-order chi connectivity index (χ1) is 11.0. The molecule has 2 aromatic rings. The van der Waals surface area contributed by atoms with Crippen molar-refractivity contribution < 1.29 is 9.90 Å². The van der Waals surface area contributed by atoms with Crippen LogP contribution in [0, 0.1) is 5.41 Å². The molecular weight excluding hydrogens is 318 g/mol. The summed E-state index contributed by atoms with van der Waals surface area (Å²) in [4.78, 5) is 12.6. The van der Waals surface area contributed by atoms with E-state index in [9.17, 15) is 9.90 Å². The molecule has 0 radical (unpaired) electrons. The number of carbonyl (C=O) groups excluding carboxylic acids is 1. The number of rotatable bonds is 7. The molecule has 0 atom stereocenters. The molecule has 0 aliphatic carbocycles. The summed E-state index contributed by atoms with van der Waals surface area (Å²) in [6.07, 6.45) is 2.96. The molecule has 0 saturated carbocycles. The fraction of sp³-hybridized carbons (Fsp3) is 0.467. The Balaban J connectivity index is 2.24. The van der Waals surface area contributed by atoms with Crippen LogP contribution in [0.15, 0.2) is 24.5 Å². The molecule has 0 saturated heterocycles. The van der Waals surface area contributed by atoms with Gasteiger partial charge in [-0.05, 0) is 41.5 Å². The van der Waals surface area contributed by atoms with E-state index in [-0.39, 0.29) is 17.9 Å². The molecule has 1 heterocycles. The molecule has 23 heavy (non-hydrogen) atoms. The van der Waals surface area contributed by atoms with Crippen molar-refractivity contribution in [1.82, 2.24) is 25.5 Å². The minimum Gasteiger partial charge on any atom is -0.396 e. The highest BCUT2D eigenvalue weighted by Crippen LogP contribution is 2.25. The summed E-state index contributed by atoms with van der Waals surface area (Å²) < 4.78 is 1.41. The Hall–Kier alpha value is -1.99. The number of benzene rings is 1. The molecule has 0 aliphatic heterocycles. The quantitative estimate of drug-likeness (QED) is 0.804. The van der Waals surface area contributed by atoms with Crippen molar-refractivity contribution in [3.8, 4) is 5.69 Å². The van der Waals surface area contributed by atoms with Crippen molar-refractivity contribution in [2.75, 3.05) is 13.2 Å². The van der Waals surface area contributed by atoms with Gasteiger partial charge in [0.15, 0.2) is 0 Å². The fourth-order valence-electron chi connectivity index (χ4n) is 2.30. The second kappa shape index (κ2) is 7.52. The van der Waals surface area contributed by atoms with Crippen LogP contribution in [-0.2, 0) is 0 Å². The van der Waals surface area contributed by atoms with E-state index in [1.807, 2.05) is 13.8 Å². The first-order valence-corrected chi connectivity index (χ1v) is 7.85. The first kappa shape index (κ1) is 17.4. The molecule has 1 aromatic carbocycles. The van der Waals surface area contributed by atoms with Crippen molar-refractivity contribution in [2.45, 2.75) is 26.7 Å². The van der Waals surface area contributed by atoms with Crippen LogP contribution < -0.4 is 5.32 Å². The minimum atomic E-state index is -0.316. The van der Waals surface area contributed by atoms with Gasteiger partial charge in [-0.3, -0.25) is 4.79 Å².